The van der Waals surface area contributed by atoms with Crippen molar-refractivity contribution in [2.75, 3.05) is 0 Å². The molecule has 1 aromatic heterocycles. The van der Waals surface area contributed by atoms with Crippen molar-refractivity contribution in [1.82, 2.24) is 9.55 Å². The predicted octanol–water partition coefficient (Wildman–Crippen LogP) is 4.68. The molecule has 26 heavy (non-hydrogen) atoms. The lowest BCUT2D eigenvalue weighted by molar-refractivity contribution is -0.138. The topological polar surface area (TPSA) is 55.1 Å². The van der Waals surface area contributed by atoms with E-state index in [4.69, 9.17) is 5.11 Å². The van der Waals surface area contributed by atoms with Crippen LogP contribution in [0.4, 0.5) is 13.2 Å². The van der Waals surface area contributed by atoms with Crippen molar-refractivity contribution >= 4 is 17.0 Å². The molecule has 0 radical (unpaired) electrons. The number of aromatic nitrogens is 2. The molecule has 136 valence electrons. The molecule has 0 aliphatic rings. The number of fused-ring (bicyclic) bond motifs is 1. The van der Waals surface area contributed by atoms with E-state index in [1.807, 2.05) is 30.3 Å². The zero-order chi connectivity index (χ0) is 18.9. The molecule has 0 aliphatic carbocycles. The van der Waals surface area contributed by atoms with Crippen molar-refractivity contribution in [2.24, 2.45) is 0 Å². The number of hydrogen-bond acceptors (Lipinski definition) is 2. The van der Waals surface area contributed by atoms with E-state index in [-0.39, 0.29) is 11.9 Å². The van der Waals surface area contributed by atoms with E-state index in [9.17, 15) is 18.0 Å². The van der Waals surface area contributed by atoms with Crippen LogP contribution in [0.3, 0.4) is 0 Å². The van der Waals surface area contributed by atoms with Crippen LogP contribution >= 0.6 is 0 Å². The van der Waals surface area contributed by atoms with Crippen LogP contribution in [0.25, 0.3) is 11.0 Å². The SMILES string of the molecule is CC(CC(=O)O)n1c(Cc2ccccc2)nc2cc(C(F)(F)F)ccc21. The fourth-order valence-electron chi connectivity index (χ4n) is 3.06. The molecule has 1 N–H and O–H groups in total. The molecule has 1 atom stereocenters. The van der Waals surface area contributed by atoms with E-state index in [2.05, 4.69) is 4.98 Å². The van der Waals surface area contributed by atoms with Gasteiger partial charge in [-0.1, -0.05) is 30.3 Å². The normalized spacial score (nSPS) is 13.1. The Morgan fingerprint density at radius 3 is 2.50 bits per heavy atom. The molecule has 1 unspecified atom stereocenters. The van der Waals surface area contributed by atoms with E-state index in [1.54, 1.807) is 11.5 Å². The highest BCUT2D eigenvalue weighted by Gasteiger charge is 2.31. The summed E-state index contributed by atoms with van der Waals surface area (Å²) in [5.74, 6) is -0.434. The van der Waals surface area contributed by atoms with Gasteiger partial charge in [0.1, 0.15) is 5.82 Å². The molecule has 0 spiro atoms. The smallest absolute Gasteiger partial charge is 0.416 e. The Labute approximate surface area is 147 Å². The van der Waals surface area contributed by atoms with Crippen molar-refractivity contribution in [3.8, 4) is 0 Å². The number of carboxylic acid groups (broad SMARTS) is 1. The maximum absolute atomic E-state index is 13.0. The molecule has 0 amide bonds. The van der Waals surface area contributed by atoms with Gasteiger partial charge >= 0.3 is 12.1 Å². The fourth-order valence-corrected chi connectivity index (χ4v) is 3.06. The van der Waals surface area contributed by atoms with Gasteiger partial charge in [-0.15, -0.1) is 0 Å². The van der Waals surface area contributed by atoms with Gasteiger partial charge in [0.05, 0.1) is 23.0 Å². The van der Waals surface area contributed by atoms with Crippen LogP contribution < -0.4 is 0 Å². The minimum atomic E-state index is -4.45. The molecule has 0 bridgehead atoms. The molecule has 7 heteroatoms. The number of benzene rings is 2. The van der Waals surface area contributed by atoms with Gasteiger partial charge in [0.25, 0.3) is 0 Å². The Hall–Kier alpha value is -2.83. The molecule has 3 aromatic rings. The van der Waals surface area contributed by atoms with Crippen LogP contribution in [0.2, 0.25) is 0 Å². The van der Waals surface area contributed by atoms with Crippen LogP contribution in [-0.4, -0.2) is 20.6 Å². The van der Waals surface area contributed by atoms with Crippen molar-refractivity contribution in [2.45, 2.75) is 32.0 Å². The summed E-state index contributed by atoms with van der Waals surface area (Å²) < 4.78 is 40.7. The highest BCUT2D eigenvalue weighted by atomic mass is 19.4. The highest BCUT2D eigenvalue weighted by molar-refractivity contribution is 5.78. The van der Waals surface area contributed by atoms with Gasteiger partial charge in [0.15, 0.2) is 0 Å². The maximum atomic E-state index is 13.0. The summed E-state index contributed by atoms with van der Waals surface area (Å²) in [5.41, 5.74) is 0.884. The van der Waals surface area contributed by atoms with Crippen LogP contribution in [0.5, 0.6) is 0 Å². The standard InChI is InChI=1S/C19H17F3N2O2/c1-12(9-18(25)26)24-16-8-7-14(19(20,21)22)11-15(16)23-17(24)10-13-5-3-2-4-6-13/h2-8,11-12H,9-10H2,1H3,(H,25,26). The van der Waals surface area contributed by atoms with Crippen LogP contribution in [-0.2, 0) is 17.4 Å². The first-order valence-corrected chi connectivity index (χ1v) is 8.09. The number of alkyl halides is 3. The molecular formula is C19H17F3N2O2. The first-order valence-electron chi connectivity index (χ1n) is 8.09. The van der Waals surface area contributed by atoms with Crippen LogP contribution in [0, 0.1) is 0 Å². The molecule has 0 saturated heterocycles. The van der Waals surface area contributed by atoms with Gasteiger partial charge in [-0.25, -0.2) is 4.98 Å². The highest BCUT2D eigenvalue weighted by Crippen LogP contribution is 2.33. The van der Waals surface area contributed by atoms with E-state index >= 15 is 0 Å². The number of nitrogens with zero attached hydrogens (tertiary/aromatic N) is 2. The summed E-state index contributed by atoms with van der Waals surface area (Å²) in [5, 5.41) is 9.10. The Balaban J connectivity index is 2.12. The zero-order valence-corrected chi connectivity index (χ0v) is 14.0. The molecule has 4 nitrogen and oxygen atoms in total. The average molecular weight is 362 g/mol. The van der Waals surface area contributed by atoms with Gasteiger partial charge in [-0.2, -0.15) is 13.2 Å². The second-order valence-electron chi connectivity index (χ2n) is 6.21. The third kappa shape index (κ3) is 3.71. The Kier molecular flexibility index (Phi) is 4.71. The third-order valence-corrected chi connectivity index (χ3v) is 4.21. The molecule has 0 saturated carbocycles. The lowest BCUT2D eigenvalue weighted by atomic mass is 10.1. The second-order valence-corrected chi connectivity index (χ2v) is 6.21. The van der Waals surface area contributed by atoms with Gasteiger partial charge in [-0.3, -0.25) is 4.79 Å². The van der Waals surface area contributed by atoms with E-state index in [0.29, 0.717) is 17.8 Å². The Morgan fingerprint density at radius 1 is 1.19 bits per heavy atom. The largest absolute Gasteiger partial charge is 0.481 e. The lowest BCUT2D eigenvalue weighted by Crippen LogP contribution is -2.14. The summed E-state index contributed by atoms with van der Waals surface area (Å²) in [4.78, 5) is 15.5. The first-order chi connectivity index (χ1) is 12.3. The monoisotopic (exact) mass is 362 g/mol. The average Bonchev–Trinajstić information content (AvgIpc) is 2.91. The van der Waals surface area contributed by atoms with E-state index < -0.39 is 23.8 Å². The molecule has 0 aliphatic heterocycles. The van der Waals surface area contributed by atoms with Gasteiger partial charge in [0, 0.05) is 12.5 Å². The predicted molar refractivity (Wildman–Crippen MR) is 90.9 cm³/mol. The van der Waals surface area contributed by atoms with E-state index in [0.717, 1.165) is 17.7 Å². The van der Waals surface area contributed by atoms with Gasteiger partial charge in [0.2, 0.25) is 0 Å². The molecular weight excluding hydrogens is 345 g/mol. The Bertz CT molecular complexity index is 933. The summed E-state index contributed by atoms with van der Waals surface area (Å²) in [7, 11) is 0. The summed E-state index contributed by atoms with van der Waals surface area (Å²) in [6, 6.07) is 12.3. The molecule has 2 aromatic carbocycles. The zero-order valence-electron chi connectivity index (χ0n) is 14.0. The molecule has 0 fully saturated rings. The Morgan fingerprint density at radius 2 is 1.88 bits per heavy atom. The molecule has 1 heterocycles. The fraction of sp³-hybridized carbons (Fsp3) is 0.263. The second kappa shape index (κ2) is 6.82. The number of imidazole rings is 1. The number of rotatable bonds is 5. The van der Waals surface area contributed by atoms with Crippen molar-refractivity contribution in [3.63, 3.8) is 0 Å². The summed E-state index contributed by atoms with van der Waals surface area (Å²) in [6.07, 6.45) is -4.20. The number of hydrogen-bond donors (Lipinski definition) is 1. The minimum Gasteiger partial charge on any atom is -0.481 e. The van der Waals surface area contributed by atoms with Crippen molar-refractivity contribution < 1.29 is 23.1 Å². The van der Waals surface area contributed by atoms with Crippen LogP contribution in [0.15, 0.2) is 48.5 Å². The van der Waals surface area contributed by atoms with Crippen molar-refractivity contribution in [1.29, 1.82) is 0 Å². The number of carbonyl (C=O) groups is 1. The van der Waals surface area contributed by atoms with Gasteiger partial charge < -0.3 is 9.67 Å². The summed E-state index contributed by atoms with van der Waals surface area (Å²) >= 11 is 0. The minimum absolute atomic E-state index is 0.145. The third-order valence-electron chi connectivity index (χ3n) is 4.21. The van der Waals surface area contributed by atoms with E-state index in [1.165, 1.54) is 6.07 Å². The van der Waals surface area contributed by atoms with Crippen molar-refractivity contribution in [3.05, 3.63) is 65.5 Å². The number of halogens is 3. The van der Waals surface area contributed by atoms with Gasteiger partial charge in [-0.05, 0) is 30.7 Å². The van der Waals surface area contributed by atoms with Crippen LogP contribution in [0.1, 0.15) is 36.3 Å². The maximum Gasteiger partial charge on any atom is 0.416 e. The first kappa shape index (κ1) is 18.0. The number of carboxylic acids is 1. The number of aliphatic carboxylic acids is 1. The summed E-state index contributed by atoms with van der Waals surface area (Å²) in [6.45, 7) is 1.72. The molecule has 3 rings (SSSR count). The quantitative estimate of drug-likeness (QED) is 0.717. The lowest BCUT2D eigenvalue weighted by Gasteiger charge is -2.16.